The molecule has 2 aliphatic rings. The monoisotopic (exact) mass is 457 g/mol. The number of carbonyl (C=O) groups is 1. The zero-order valence-corrected chi connectivity index (χ0v) is 18.4. The Balaban J connectivity index is 1.54. The fraction of sp³-hybridized carbons (Fsp3) is 0.600. The number of hydrogen-bond donors (Lipinski definition) is 4. The van der Waals surface area contributed by atoms with Gasteiger partial charge in [-0.25, -0.2) is 15.0 Å². The van der Waals surface area contributed by atoms with E-state index in [0.717, 1.165) is 13.0 Å². The highest BCUT2D eigenvalue weighted by atomic mass is 16.6. The number of anilines is 1. The van der Waals surface area contributed by atoms with Crippen LogP contribution in [0.3, 0.4) is 0 Å². The van der Waals surface area contributed by atoms with Crippen LogP contribution in [0.15, 0.2) is 12.5 Å². The van der Waals surface area contributed by atoms with Crippen molar-refractivity contribution in [2.24, 2.45) is 5.92 Å². The molecule has 0 aromatic carbocycles. The Morgan fingerprint density at radius 3 is 2.82 bits per heavy atom. The summed E-state index contributed by atoms with van der Waals surface area (Å²) < 4.78 is 9.01. The number of imidazole rings is 1. The summed E-state index contributed by atoms with van der Waals surface area (Å²) in [5.74, 6) is 0.984. The molecule has 1 aliphatic carbocycles. The van der Waals surface area contributed by atoms with E-state index in [0.29, 0.717) is 41.0 Å². The third kappa shape index (κ3) is 4.03. The van der Waals surface area contributed by atoms with Gasteiger partial charge in [-0.1, -0.05) is 12.1 Å². The quantitative estimate of drug-likeness (QED) is 0.352. The molecule has 4 N–H and O–H groups in total. The van der Waals surface area contributed by atoms with Crippen LogP contribution in [0.4, 0.5) is 5.82 Å². The molecule has 2 fully saturated rings. The van der Waals surface area contributed by atoms with Gasteiger partial charge in [-0.3, -0.25) is 14.0 Å². The lowest BCUT2D eigenvalue weighted by molar-refractivity contribution is -0.137. The van der Waals surface area contributed by atoms with Crippen LogP contribution in [0, 0.1) is 5.92 Å². The summed E-state index contributed by atoms with van der Waals surface area (Å²) in [5, 5.41) is 35.1. The number of rotatable bonds is 8. The minimum atomic E-state index is -1.39. The Morgan fingerprint density at radius 2 is 2.09 bits per heavy atom. The van der Waals surface area contributed by atoms with E-state index in [1.807, 2.05) is 13.1 Å². The van der Waals surface area contributed by atoms with E-state index in [4.69, 9.17) is 4.74 Å². The SMILES string of the molecule is CCCNc1nc(-c2cn(CC3CC3)nn2)nc2c1ncn2[C@@H]1O[C@H](C(=O)NC)[C@@H](O)[C@H]1O. The zero-order chi connectivity index (χ0) is 23.1. The van der Waals surface area contributed by atoms with Gasteiger partial charge in [-0.2, -0.15) is 0 Å². The largest absolute Gasteiger partial charge is 0.387 e. The predicted molar refractivity (Wildman–Crippen MR) is 116 cm³/mol. The summed E-state index contributed by atoms with van der Waals surface area (Å²) in [6.45, 7) is 3.53. The fourth-order valence-electron chi connectivity index (χ4n) is 3.89. The van der Waals surface area contributed by atoms with E-state index < -0.39 is 30.4 Å². The Morgan fingerprint density at radius 1 is 1.27 bits per heavy atom. The van der Waals surface area contributed by atoms with Crippen molar-refractivity contribution in [3.63, 3.8) is 0 Å². The van der Waals surface area contributed by atoms with Crippen LogP contribution < -0.4 is 10.6 Å². The van der Waals surface area contributed by atoms with Crippen LogP contribution in [0.25, 0.3) is 22.7 Å². The first kappa shape index (κ1) is 21.7. The maximum Gasteiger partial charge on any atom is 0.251 e. The topological polar surface area (TPSA) is 165 Å². The van der Waals surface area contributed by atoms with Crippen LogP contribution in [-0.4, -0.2) is 82.5 Å². The average Bonchev–Trinajstić information content (AvgIpc) is 3.21. The van der Waals surface area contributed by atoms with Gasteiger partial charge in [0.1, 0.15) is 17.9 Å². The summed E-state index contributed by atoms with van der Waals surface area (Å²) in [6.07, 6.45) is 1.54. The van der Waals surface area contributed by atoms with Crippen LogP contribution in [-0.2, 0) is 16.1 Å². The average molecular weight is 457 g/mol. The Kier molecular flexibility index (Phi) is 5.68. The normalized spacial score (nSPS) is 25.0. The Labute approximate surface area is 189 Å². The third-order valence-electron chi connectivity index (χ3n) is 5.89. The highest BCUT2D eigenvalue weighted by Crippen LogP contribution is 2.34. The predicted octanol–water partition coefficient (Wildman–Crippen LogP) is -0.318. The number of aliphatic hydroxyl groups is 2. The summed E-state index contributed by atoms with van der Waals surface area (Å²) in [5.41, 5.74) is 1.37. The summed E-state index contributed by atoms with van der Waals surface area (Å²) in [7, 11) is 1.44. The number of amides is 1. The summed E-state index contributed by atoms with van der Waals surface area (Å²) in [6, 6.07) is 0. The summed E-state index contributed by atoms with van der Waals surface area (Å²) >= 11 is 0. The molecule has 0 spiro atoms. The molecule has 0 unspecified atom stereocenters. The van der Waals surface area contributed by atoms with Crippen molar-refractivity contribution in [3.8, 4) is 11.5 Å². The van der Waals surface area contributed by atoms with Crippen molar-refractivity contribution >= 4 is 22.9 Å². The fourth-order valence-corrected chi connectivity index (χ4v) is 3.89. The second kappa shape index (κ2) is 8.65. The number of nitrogens with one attached hydrogen (secondary N) is 2. The number of carbonyl (C=O) groups excluding carboxylic acids is 1. The van der Waals surface area contributed by atoms with Gasteiger partial charge in [0.25, 0.3) is 5.91 Å². The summed E-state index contributed by atoms with van der Waals surface area (Å²) in [4.78, 5) is 25.7. The number of fused-ring (bicyclic) bond motifs is 1. The molecule has 33 heavy (non-hydrogen) atoms. The van der Waals surface area contributed by atoms with Crippen molar-refractivity contribution in [1.82, 2.24) is 39.8 Å². The van der Waals surface area contributed by atoms with Crippen LogP contribution >= 0.6 is 0 Å². The molecule has 13 nitrogen and oxygen atoms in total. The number of aliphatic hydroxyl groups excluding tert-OH is 2. The molecule has 0 bridgehead atoms. The van der Waals surface area contributed by atoms with Crippen molar-refractivity contribution in [3.05, 3.63) is 12.5 Å². The van der Waals surface area contributed by atoms with Crippen LogP contribution in [0.1, 0.15) is 32.4 Å². The van der Waals surface area contributed by atoms with Crippen molar-refractivity contribution in [2.75, 3.05) is 18.9 Å². The number of aromatic nitrogens is 7. The third-order valence-corrected chi connectivity index (χ3v) is 5.89. The number of ether oxygens (including phenoxy) is 1. The van der Waals surface area contributed by atoms with Gasteiger partial charge in [0.05, 0.1) is 12.5 Å². The highest BCUT2D eigenvalue weighted by molar-refractivity contribution is 5.85. The van der Waals surface area contributed by atoms with E-state index in [2.05, 4.69) is 35.9 Å². The molecule has 13 heteroatoms. The van der Waals surface area contributed by atoms with Gasteiger partial charge in [0, 0.05) is 20.1 Å². The van der Waals surface area contributed by atoms with Gasteiger partial charge in [0.2, 0.25) is 0 Å². The molecule has 176 valence electrons. The number of likely N-dealkylation sites (N-methyl/N-ethyl adjacent to an activating group) is 1. The molecule has 3 aromatic heterocycles. The first-order chi connectivity index (χ1) is 16.0. The van der Waals surface area contributed by atoms with Crippen LogP contribution in [0.5, 0.6) is 0 Å². The molecule has 1 aliphatic heterocycles. The zero-order valence-electron chi connectivity index (χ0n) is 18.4. The molecular weight excluding hydrogens is 430 g/mol. The van der Waals surface area contributed by atoms with Crippen molar-refractivity contribution in [1.29, 1.82) is 0 Å². The molecule has 5 rings (SSSR count). The lowest BCUT2D eigenvalue weighted by Crippen LogP contribution is -2.41. The first-order valence-electron chi connectivity index (χ1n) is 11.1. The molecular formula is C20H27N9O4. The molecule has 1 amide bonds. The van der Waals surface area contributed by atoms with E-state index in [1.54, 1.807) is 4.68 Å². The molecule has 1 saturated heterocycles. The van der Waals surface area contributed by atoms with Gasteiger partial charge < -0.3 is 25.6 Å². The van der Waals surface area contributed by atoms with E-state index in [1.165, 1.54) is 30.8 Å². The van der Waals surface area contributed by atoms with Gasteiger partial charge in [-0.15, -0.1) is 5.10 Å². The lowest BCUT2D eigenvalue weighted by Gasteiger charge is -2.16. The number of hydrogen-bond acceptors (Lipinski definition) is 10. The second-order valence-electron chi connectivity index (χ2n) is 8.46. The molecule has 4 atom stereocenters. The molecule has 1 saturated carbocycles. The lowest BCUT2D eigenvalue weighted by atomic mass is 10.1. The molecule has 4 heterocycles. The molecule has 0 radical (unpaired) electrons. The molecule has 3 aromatic rings. The maximum atomic E-state index is 12.1. The highest BCUT2D eigenvalue weighted by Gasteiger charge is 2.47. The number of nitrogens with zero attached hydrogens (tertiary/aromatic N) is 7. The maximum absolute atomic E-state index is 12.1. The Hall–Kier alpha value is -3.16. The van der Waals surface area contributed by atoms with E-state index >= 15 is 0 Å². The van der Waals surface area contributed by atoms with Gasteiger partial charge in [0.15, 0.2) is 35.1 Å². The van der Waals surface area contributed by atoms with Gasteiger partial charge >= 0.3 is 0 Å². The Bertz CT molecular complexity index is 1160. The smallest absolute Gasteiger partial charge is 0.251 e. The van der Waals surface area contributed by atoms with Crippen molar-refractivity contribution in [2.45, 2.75) is 57.3 Å². The second-order valence-corrected chi connectivity index (χ2v) is 8.46. The minimum absolute atomic E-state index is 0.348. The van der Waals surface area contributed by atoms with E-state index in [9.17, 15) is 15.0 Å². The standard InChI is InChI=1S/C20H27N9O4/c1-3-6-22-17-12-18(25-16(24-17)11-8-28(27-26-11)7-10-4-5-10)29(9-23-12)20-14(31)13(30)15(33-20)19(32)21-2/h8-10,13-15,20,30-31H,3-7H2,1-2H3,(H,21,32)(H,22,24,25)/t13-,14+,15-,20+/m0/s1. The van der Waals surface area contributed by atoms with E-state index in [-0.39, 0.29) is 0 Å². The van der Waals surface area contributed by atoms with Gasteiger partial charge in [-0.05, 0) is 25.2 Å². The van der Waals surface area contributed by atoms with Crippen LogP contribution in [0.2, 0.25) is 0 Å². The minimum Gasteiger partial charge on any atom is -0.387 e. The van der Waals surface area contributed by atoms with Crippen molar-refractivity contribution < 1.29 is 19.7 Å². The first-order valence-corrected chi connectivity index (χ1v) is 11.1.